The Kier molecular flexibility index (Phi) is 3.94. The number of ether oxygens (including phenoxy) is 2. The van der Waals surface area contributed by atoms with Crippen molar-refractivity contribution in [3.63, 3.8) is 0 Å². The summed E-state index contributed by atoms with van der Waals surface area (Å²) in [5.41, 5.74) is 3.18. The fourth-order valence-corrected chi connectivity index (χ4v) is 4.15. The summed E-state index contributed by atoms with van der Waals surface area (Å²) in [5, 5.41) is 0. The van der Waals surface area contributed by atoms with Gasteiger partial charge in [-0.15, -0.1) is 6.58 Å². The average molecular weight is 287 g/mol. The van der Waals surface area contributed by atoms with E-state index in [4.69, 9.17) is 9.47 Å². The van der Waals surface area contributed by atoms with Crippen LogP contribution in [0.15, 0.2) is 24.8 Å². The number of hydrogen-bond acceptors (Lipinski definition) is 3. The number of nitrogens with zero attached hydrogens (tertiary/aromatic N) is 1. The van der Waals surface area contributed by atoms with Gasteiger partial charge in [-0.1, -0.05) is 18.9 Å². The number of rotatable bonds is 4. The van der Waals surface area contributed by atoms with Gasteiger partial charge in [0, 0.05) is 25.0 Å². The lowest BCUT2D eigenvalue weighted by Gasteiger charge is -2.42. The molecule has 2 aliphatic rings. The first-order valence-corrected chi connectivity index (χ1v) is 7.81. The van der Waals surface area contributed by atoms with Crippen molar-refractivity contribution in [2.45, 2.75) is 37.6 Å². The van der Waals surface area contributed by atoms with Crippen molar-refractivity contribution in [3.8, 4) is 11.5 Å². The molecule has 0 amide bonds. The fraction of sp³-hybridized carbons (Fsp3) is 0.556. The minimum atomic E-state index is 0.302. The van der Waals surface area contributed by atoms with Crippen molar-refractivity contribution >= 4 is 0 Å². The van der Waals surface area contributed by atoms with Crippen molar-refractivity contribution in [2.24, 2.45) is 0 Å². The summed E-state index contributed by atoms with van der Waals surface area (Å²) in [7, 11) is 3.43. The van der Waals surface area contributed by atoms with Crippen molar-refractivity contribution in [1.82, 2.24) is 4.90 Å². The van der Waals surface area contributed by atoms with Crippen LogP contribution in [0.3, 0.4) is 0 Å². The smallest absolute Gasteiger partial charge is 0.161 e. The van der Waals surface area contributed by atoms with E-state index in [0.29, 0.717) is 5.41 Å². The Bertz CT molecular complexity index is 532. The molecule has 1 aromatic carbocycles. The molecular formula is C18H25NO2. The highest BCUT2D eigenvalue weighted by Crippen LogP contribution is 2.48. The molecule has 1 aliphatic carbocycles. The van der Waals surface area contributed by atoms with Crippen LogP contribution in [0.25, 0.3) is 0 Å². The zero-order valence-electron chi connectivity index (χ0n) is 13.2. The summed E-state index contributed by atoms with van der Waals surface area (Å²) in [4.78, 5) is 2.51. The largest absolute Gasteiger partial charge is 0.493 e. The molecule has 1 heterocycles. The second kappa shape index (κ2) is 5.72. The highest BCUT2D eigenvalue weighted by atomic mass is 16.5. The Hall–Kier alpha value is -1.48. The van der Waals surface area contributed by atoms with Crippen LogP contribution in [0.1, 0.15) is 36.8 Å². The van der Waals surface area contributed by atoms with Crippen molar-refractivity contribution in [1.29, 1.82) is 0 Å². The van der Waals surface area contributed by atoms with Gasteiger partial charge in [0.25, 0.3) is 0 Å². The monoisotopic (exact) mass is 287 g/mol. The molecule has 1 aliphatic heterocycles. The minimum Gasteiger partial charge on any atom is -0.493 e. The van der Waals surface area contributed by atoms with E-state index in [9.17, 15) is 0 Å². The van der Waals surface area contributed by atoms with Crippen LogP contribution in [0.4, 0.5) is 0 Å². The Balaban J connectivity index is 2.07. The second-order valence-electron chi connectivity index (χ2n) is 6.31. The van der Waals surface area contributed by atoms with Gasteiger partial charge in [0.15, 0.2) is 11.5 Å². The Morgan fingerprint density at radius 3 is 2.48 bits per heavy atom. The number of fused-ring (bicyclic) bond motifs is 2. The van der Waals surface area contributed by atoms with E-state index >= 15 is 0 Å². The Morgan fingerprint density at radius 2 is 1.86 bits per heavy atom. The van der Waals surface area contributed by atoms with Gasteiger partial charge in [-0.05, 0) is 36.1 Å². The first-order valence-electron chi connectivity index (χ1n) is 7.81. The summed E-state index contributed by atoms with van der Waals surface area (Å²) < 4.78 is 11.0. The Labute approximate surface area is 127 Å². The number of hydrogen-bond donors (Lipinski definition) is 0. The van der Waals surface area contributed by atoms with Crippen LogP contribution < -0.4 is 9.47 Å². The zero-order valence-corrected chi connectivity index (χ0v) is 13.2. The van der Waals surface area contributed by atoms with Gasteiger partial charge in [-0.2, -0.15) is 0 Å². The molecule has 1 spiro atoms. The summed E-state index contributed by atoms with van der Waals surface area (Å²) in [6.45, 7) is 6.97. The molecule has 1 aromatic rings. The third-order valence-corrected chi connectivity index (χ3v) is 5.05. The molecule has 1 saturated carbocycles. The van der Waals surface area contributed by atoms with Crippen LogP contribution >= 0.6 is 0 Å². The van der Waals surface area contributed by atoms with Gasteiger partial charge < -0.3 is 9.47 Å². The molecule has 3 rings (SSSR count). The van der Waals surface area contributed by atoms with Crippen LogP contribution in [0.5, 0.6) is 11.5 Å². The Morgan fingerprint density at radius 1 is 1.19 bits per heavy atom. The quantitative estimate of drug-likeness (QED) is 0.791. The highest BCUT2D eigenvalue weighted by Gasteiger charge is 2.42. The summed E-state index contributed by atoms with van der Waals surface area (Å²) >= 11 is 0. The van der Waals surface area contributed by atoms with Crippen molar-refractivity contribution in [3.05, 3.63) is 35.9 Å². The van der Waals surface area contributed by atoms with Crippen LogP contribution in [-0.4, -0.2) is 32.2 Å². The van der Waals surface area contributed by atoms with Gasteiger partial charge in [0.1, 0.15) is 0 Å². The van der Waals surface area contributed by atoms with E-state index < -0.39 is 0 Å². The van der Waals surface area contributed by atoms with Crippen LogP contribution in [0, 0.1) is 0 Å². The fourth-order valence-electron chi connectivity index (χ4n) is 4.15. The lowest BCUT2D eigenvalue weighted by atomic mass is 9.73. The molecule has 0 radical (unpaired) electrons. The SMILES string of the molecule is C=CCN1Cc2cc(OC)c(OC)cc2C2(CCCC2)C1. The van der Waals surface area contributed by atoms with Gasteiger partial charge in [0.05, 0.1) is 14.2 Å². The molecule has 3 heteroatoms. The van der Waals surface area contributed by atoms with E-state index in [0.717, 1.165) is 31.1 Å². The van der Waals surface area contributed by atoms with E-state index in [1.165, 1.54) is 36.8 Å². The molecule has 21 heavy (non-hydrogen) atoms. The molecular weight excluding hydrogens is 262 g/mol. The molecule has 0 bridgehead atoms. The van der Waals surface area contributed by atoms with Crippen molar-refractivity contribution < 1.29 is 9.47 Å². The first-order chi connectivity index (χ1) is 10.2. The number of benzene rings is 1. The molecule has 0 unspecified atom stereocenters. The van der Waals surface area contributed by atoms with E-state index in [1.54, 1.807) is 14.2 Å². The van der Waals surface area contributed by atoms with E-state index in [-0.39, 0.29) is 0 Å². The highest BCUT2D eigenvalue weighted by molar-refractivity contribution is 5.51. The topological polar surface area (TPSA) is 21.7 Å². The summed E-state index contributed by atoms with van der Waals surface area (Å²) in [6.07, 6.45) is 7.23. The van der Waals surface area contributed by atoms with E-state index in [1.807, 2.05) is 6.08 Å². The van der Waals surface area contributed by atoms with Crippen LogP contribution in [0.2, 0.25) is 0 Å². The first kappa shape index (κ1) is 14.5. The van der Waals surface area contributed by atoms with Gasteiger partial charge in [-0.25, -0.2) is 0 Å². The maximum atomic E-state index is 5.52. The maximum absolute atomic E-state index is 5.52. The predicted molar refractivity (Wildman–Crippen MR) is 85.2 cm³/mol. The normalized spacial score (nSPS) is 20.3. The van der Waals surface area contributed by atoms with Crippen molar-refractivity contribution in [2.75, 3.05) is 27.3 Å². The van der Waals surface area contributed by atoms with Crippen LogP contribution in [-0.2, 0) is 12.0 Å². The third-order valence-electron chi connectivity index (χ3n) is 5.05. The van der Waals surface area contributed by atoms with Gasteiger partial charge in [0.2, 0.25) is 0 Å². The zero-order chi connectivity index (χ0) is 14.9. The van der Waals surface area contributed by atoms with Gasteiger partial charge >= 0.3 is 0 Å². The van der Waals surface area contributed by atoms with E-state index in [2.05, 4.69) is 23.6 Å². The molecule has 0 aromatic heterocycles. The average Bonchev–Trinajstić information content (AvgIpc) is 2.95. The summed E-state index contributed by atoms with van der Waals surface area (Å²) in [5.74, 6) is 1.70. The molecule has 3 nitrogen and oxygen atoms in total. The second-order valence-corrected chi connectivity index (χ2v) is 6.31. The summed E-state index contributed by atoms with van der Waals surface area (Å²) in [6, 6.07) is 4.40. The molecule has 0 atom stereocenters. The maximum Gasteiger partial charge on any atom is 0.161 e. The lowest BCUT2D eigenvalue weighted by Crippen LogP contribution is -2.44. The van der Waals surface area contributed by atoms with Gasteiger partial charge in [-0.3, -0.25) is 4.90 Å². The third kappa shape index (κ3) is 2.44. The molecule has 0 saturated heterocycles. The molecule has 1 fully saturated rings. The number of methoxy groups -OCH3 is 2. The standard InChI is InChI=1S/C18H25NO2/c1-4-9-19-12-14-10-16(20-2)17(21-3)11-15(14)18(13-19)7-5-6-8-18/h4,10-11H,1,5-9,12-13H2,2-3H3. The molecule has 0 N–H and O–H groups in total. The molecule has 114 valence electrons. The lowest BCUT2D eigenvalue weighted by molar-refractivity contribution is 0.192. The predicted octanol–water partition coefficient (Wildman–Crippen LogP) is 3.52. The minimum absolute atomic E-state index is 0.302.